The number of nitrogens with one attached hydrogen (secondary N) is 1. The normalized spacial score (nSPS) is 9.64. The van der Waals surface area contributed by atoms with E-state index in [1.54, 1.807) is 18.2 Å². The van der Waals surface area contributed by atoms with Crippen LogP contribution in [-0.2, 0) is 0 Å². The second-order valence-electron chi connectivity index (χ2n) is 2.83. The molecular formula is C10H12ClNO2. The molecule has 0 aliphatic rings. The van der Waals surface area contributed by atoms with E-state index in [2.05, 4.69) is 5.32 Å². The predicted octanol–water partition coefficient (Wildman–Crippen LogP) is 2.76. The standard InChI is InChI=1S/C10H12ClNO2/c1-3-12-10(13)14-8-4-5-9(11)7(2)6-8/h4-6H,3H2,1-2H3,(H,12,13). The molecule has 76 valence electrons. The van der Waals surface area contributed by atoms with E-state index in [0.29, 0.717) is 17.3 Å². The highest BCUT2D eigenvalue weighted by Crippen LogP contribution is 2.20. The lowest BCUT2D eigenvalue weighted by molar-refractivity contribution is 0.201. The van der Waals surface area contributed by atoms with Gasteiger partial charge in [-0.05, 0) is 37.6 Å². The number of benzene rings is 1. The number of rotatable bonds is 2. The van der Waals surface area contributed by atoms with E-state index in [4.69, 9.17) is 16.3 Å². The molecule has 0 saturated heterocycles. The Kier molecular flexibility index (Phi) is 3.77. The van der Waals surface area contributed by atoms with Crippen molar-refractivity contribution in [2.75, 3.05) is 6.54 Å². The summed E-state index contributed by atoms with van der Waals surface area (Å²) >= 11 is 5.82. The molecule has 0 radical (unpaired) electrons. The molecule has 0 atom stereocenters. The zero-order valence-electron chi connectivity index (χ0n) is 8.13. The van der Waals surface area contributed by atoms with Gasteiger partial charge in [0.15, 0.2) is 0 Å². The Morgan fingerprint density at radius 1 is 1.57 bits per heavy atom. The van der Waals surface area contributed by atoms with Crippen molar-refractivity contribution in [1.82, 2.24) is 5.32 Å². The number of carbonyl (C=O) groups excluding carboxylic acids is 1. The molecule has 0 spiro atoms. The molecule has 1 amide bonds. The maximum Gasteiger partial charge on any atom is 0.412 e. The third kappa shape index (κ3) is 2.92. The van der Waals surface area contributed by atoms with Crippen molar-refractivity contribution in [3.05, 3.63) is 28.8 Å². The maximum atomic E-state index is 11.0. The quantitative estimate of drug-likeness (QED) is 0.821. The second-order valence-corrected chi connectivity index (χ2v) is 3.24. The Labute approximate surface area is 88.0 Å². The lowest BCUT2D eigenvalue weighted by atomic mass is 10.2. The van der Waals surface area contributed by atoms with Crippen molar-refractivity contribution in [2.24, 2.45) is 0 Å². The van der Waals surface area contributed by atoms with Gasteiger partial charge in [0.05, 0.1) is 0 Å². The second kappa shape index (κ2) is 4.86. The first-order valence-corrected chi connectivity index (χ1v) is 4.73. The zero-order chi connectivity index (χ0) is 10.6. The van der Waals surface area contributed by atoms with Crippen LogP contribution >= 0.6 is 11.6 Å². The molecule has 4 heteroatoms. The minimum absolute atomic E-state index is 0.450. The Bertz CT molecular complexity index is 339. The highest BCUT2D eigenvalue weighted by molar-refractivity contribution is 6.31. The fourth-order valence-corrected chi connectivity index (χ4v) is 1.09. The molecule has 1 aromatic carbocycles. The SMILES string of the molecule is CCNC(=O)Oc1ccc(Cl)c(C)c1. The molecule has 1 N–H and O–H groups in total. The number of halogens is 1. The van der Waals surface area contributed by atoms with Crippen LogP contribution in [-0.4, -0.2) is 12.6 Å². The molecule has 0 saturated carbocycles. The number of ether oxygens (including phenoxy) is 1. The van der Waals surface area contributed by atoms with E-state index in [1.807, 2.05) is 13.8 Å². The summed E-state index contributed by atoms with van der Waals surface area (Å²) in [5.41, 5.74) is 0.883. The van der Waals surface area contributed by atoms with E-state index >= 15 is 0 Å². The van der Waals surface area contributed by atoms with Crippen LogP contribution in [0.5, 0.6) is 5.75 Å². The largest absolute Gasteiger partial charge is 0.412 e. The van der Waals surface area contributed by atoms with Gasteiger partial charge in [-0.15, -0.1) is 0 Å². The number of hydrogen-bond donors (Lipinski definition) is 1. The van der Waals surface area contributed by atoms with Gasteiger partial charge in [-0.3, -0.25) is 0 Å². The van der Waals surface area contributed by atoms with Crippen LogP contribution in [0.2, 0.25) is 5.02 Å². The summed E-state index contributed by atoms with van der Waals surface area (Å²) in [6.45, 7) is 4.23. The lowest BCUT2D eigenvalue weighted by Gasteiger charge is -2.05. The fourth-order valence-electron chi connectivity index (χ4n) is 0.968. The van der Waals surface area contributed by atoms with Crippen LogP contribution in [0.25, 0.3) is 0 Å². The highest BCUT2D eigenvalue weighted by atomic mass is 35.5. The minimum atomic E-state index is -0.450. The summed E-state index contributed by atoms with van der Waals surface area (Å²) in [5.74, 6) is 0.498. The summed E-state index contributed by atoms with van der Waals surface area (Å²) < 4.78 is 4.98. The summed E-state index contributed by atoms with van der Waals surface area (Å²) in [4.78, 5) is 11.0. The zero-order valence-corrected chi connectivity index (χ0v) is 8.89. The van der Waals surface area contributed by atoms with Crippen molar-refractivity contribution in [1.29, 1.82) is 0 Å². The average molecular weight is 214 g/mol. The van der Waals surface area contributed by atoms with Gasteiger partial charge in [-0.2, -0.15) is 0 Å². The lowest BCUT2D eigenvalue weighted by Crippen LogP contribution is -2.26. The van der Waals surface area contributed by atoms with Gasteiger partial charge in [-0.25, -0.2) is 4.79 Å². The van der Waals surface area contributed by atoms with Crippen molar-refractivity contribution in [2.45, 2.75) is 13.8 Å². The Hall–Kier alpha value is -1.22. The Balaban J connectivity index is 2.68. The third-order valence-electron chi connectivity index (χ3n) is 1.66. The van der Waals surface area contributed by atoms with Crippen LogP contribution < -0.4 is 10.1 Å². The van der Waals surface area contributed by atoms with E-state index in [-0.39, 0.29) is 0 Å². The van der Waals surface area contributed by atoms with E-state index < -0.39 is 6.09 Å². The van der Waals surface area contributed by atoms with Crippen LogP contribution in [0.1, 0.15) is 12.5 Å². The van der Waals surface area contributed by atoms with E-state index in [0.717, 1.165) is 5.56 Å². The van der Waals surface area contributed by atoms with Gasteiger partial charge in [-0.1, -0.05) is 11.6 Å². The molecule has 0 aliphatic heterocycles. The molecule has 0 aromatic heterocycles. The summed E-state index contributed by atoms with van der Waals surface area (Å²) in [7, 11) is 0. The van der Waals surface area contributed by atoms with Crippen molar-refractivity contribution in [3.8, 4) is 5.75 Å². The van der Waals surface area contributed by atoms with E-state index in [1.165, 1.54) is 0 Å². The molecule has 1 rings (SSSR count). The summed E-state index contributed by atoms with van der Waals surface area (Å²) in [6, 6.07) is 5.08. The first kappa shape index (κ1) is 10.9. The molecule has 0 heterocycles. The molecule has 0 fully saturated rings. The van der Waals surface area contributed by atoms with Gasteiger partial charge in [0.2, 0.25) is 0 Å². The first-order chi connectivity index (χ1) is 6.63. The number of hydrogen-bond acceptors (Lipinski definition) is 2. The van der Waals surface area contributed by atoms with Crippen molar-refractivity contribution in [3.63, 3.8) is 0 Å². The van der Waals surface area contributed by atoms with Crippen molar-refractivity contribution >= 4 is 17.7 Å². The van der Waals surface area contributed by atoms with Crippen LogP contribution in [0.15, 0.2) is 18.2 Å². The number of aryl methyl sites for hydroxylation is 1. The molecule has 0 unspecified atom stereocenters. The van der Waals surface area contributed by atoms with Gasteiger partial charge in [0, 0.05) is 11.6 Å². The molecular weight excluding hydrogens is 202 g/mol. The molecule has 1 aromatic rings. The van der Waals surface area contributed by atoms with Gasteiger partial charge < -0.3 is 10.1 Å². The fraction of sp³-hybridized carbons (Fsp3) is 0.300. The van der Waals surface area contributed by atoms with Gasteiger partial charge in [0.25, 0.3) is 0 Å². The number of amides is 1. The van der Waals surface area contributed by atoms with Gasteiger partial charge in [0.1, 0.15) is 5.75 Å². The summed E-state index contributed by atoms with van der Waals surface area (Å²) in [6.07, 6.45) is -0.450. The number of carbonyl (C=O) groups is 1. The van der Waals surface area contributed by atoms with Gasteiger partial charge >= 0.3 is 6.09 Å². The highest BCUT2D eigenvalue weighted by Gasteiger charge is 2.03. The molecule has 0 aliphatic carbocycles. The Morgan fingerprint density at radius 3 is 2.86 bits per heavy atom. The predicted molar refractivity (Wildman–Crippen MR) is 55.9 cm³/mol. The monoisotopic (exact) mass is 213 g/mol. The maximum absolute atomic E-state index is 11.0. The smallest absolute Gasteiger partial charge is 0.410 e. The summed E-state index contributed by atoms with van der Waals surface area (Å²) in [5, 5.41) is 3.19. The van der Waals surface area contributed by atoms with E-state index in [9.17, 15) is 4.79 Å². The molecule has 3 nitrogen and oxygen atoms in total. The molecule has 14 heavy (non-hydrogen) atoms. The van der Waals surface area contributed by atoms with Crippen LogP contribution in [0.3, 0.4) is 0 Å². The minimum Gasteiger partial charge on any atom is -0.410 e. The van der Waals surface area contributed by atoms with Crippen molar-refractivity contribution < 1.29 is 9.53 Å². The first-order valence-electron chi connectivity index (χ1n) is 4.35. The average Bonchev–Trinajstić information content (AvgIpc) is 2.12. The molecule has 0 bridgehead atoms. The van der Waals surface area contributed by atoms with Crippen LogP contribution in [0, 0.1) is 6.92 Å². The van der Waals surface area contributed by atoms with Crippen LogP contribution in [0.4, 0.5) is 4.79 Å². The third-order valence-corrected chi connectivity index (χ3v) is 2.09. The Morgan fingerprint density at radius 2 is 2.29 bits per heavy atom. The topological polar surface area (TPSA) is 38.3 Å².